The molecule has 0 bridgehead atoms. The van der Waals surface area contributed by atoms with Gasteiger partial charge in [-0.3, -0.25) is 4.99 Å². The van der Waals surface area contributed by atoms with Crippen molar-refractivity contribution < 1.29 is 4.39 Å². The van der Waals surface area contributed by atoms with Crippen LogP contribution in [0, 0.1) is 26.6 Å². The average molecular weight is 365 g/mol. The summed E-state index contributed by atoms with van der Waals surface area (Å²) in [6.07, 6.45) is 4.34. The third kappa shape index (κ3) is 4.19. The minimum absolute atomic E-state index is 0.231. The quantitative estimate of drug-likeness (QED) is 0.455. The van der Waals surface area contributed by atoms with Crippen LogP contribution in [0.5, 0.6) is 0 Å². The van der Waals surface area contributed by atoms with E-state index in [1.54, 1.807) is 19.3 Å². The summed E-state index contributed by atoms with van der Waals surface area (Å²) < 4.78 is 13.5. The molecule has 27 heavy (non-hydrogen) atoms. The minimum atomic E-state index is -0.350. The number of aliphatic imine (C=N–C) groups is 1. The standard InChI is InChI=1S/C24H29FN2/c1-8-24(6,22-16(3)10-11-17(4)23(22)27-9-2)15-21(26-7)20-13-12-19(25)14-18(20)5/h8-14,27H,1-2,15H2,3-7H3/b26-21-. The molecule has 0 aliphatic heterocycles. The van der Waals surface area contributed by atoms with Gasteiger partial charge in [0.05, 0.1) is 0 Å². The Hall–Kier alpha value is -2.68. The van der Waals surface area contributed by atoms with Gasteiger partial charge in [-0.2, -0.15) is 0 Å². The van der Waals surface area contributed by atoms with Gasteiger partial charge in [0.25, 0.3) is 0 Å². The van der Waals surface area contributed by atoms with Crippen LogP contribution < -0.4 is 5.32 Å². The van der Waals surface area contributed by atoms with Crippen LogP contribution in [-0.2, 0) is 5.41 Å². The molecule has 0 fully saturated rings. The summed E-state index contributed by atoms with van der Waals surface area (Å²) in [6.45, 7) is 16.2. The number of hydrogen-bond donors (Lipinski definition) is 1. The highest BCUT2D eigenvalue weighted by Crippen LogP contribution is 2.39. The molecule has 2 rings (SSSR count). The van der Waals surface area contributed by atoms with Gasteiger partial charge in [-0.1, -0.05) is 31.7 Å². The lowest BCUT2D eigenvalue weighted by Gasteiger charge is -2.32. The normalized spacial score (nSPS) is 13.8. The van der Waals surface area contributed by atoms with Gasteiger partial charge in [-0.15, -0.1) is 6.58 Å². The number of rotatable bonds is 7. The predicted molar refractivity (Wildman–Crippen MR) is 115 cm³/mol. The molecule has 0 aromatic heterocycles. The summed E-state index contributed by atoms with van der Waals surface area (Å²) >= 11 is 0. The molecule has 0 aliphatic carbocycles. The van der Waals surface area contributed by atoms with Crippen molar-refractivity contribution in [3.05, 3.63) is 89.4 Å². The maximum absolute atomic E-state index is 13.5. The Morgan fingerprint density at radius 1 is 1.11 bits per heavy atom. The van der Waals surface area contributed by atoms with E-state index in [-0.39, 0.29) is 11.2 Å². The topological polar surface area (TPSA) is 24.4 Å². The first kappa shape index (κ1) is 20.6. The Morgan fingerprint density at radius 3 is 2.33 bits per heavy atom. The van der Waals surface area contributed by atoms with Crippen LogP contribution in [0.4, 0.5) is 10.1 Å². The maximum atomic E-state index is 13.5. The molecule has 142 valence electrons. The third-order valence-corrected chi connectivity index (χ3v) is 5.19. The van der Waals surface area contributed by atoms with Crippen molar-refractivity contribution >= 4 is 11.4 Å². The lowest BCUT2D eigenvalue weighted by atomic mass is 9.73. The second kappa shape index (κ2) is 8.34. The predicted octanol–water partition coefficient (Wildman–Crippen LogP) is 6.26. The van der Waals surface area contributed by atoms with E-state index in [4.69, 9.17) is 0 Å². The number of aryl methyl sites for hydroxylation is 3. The highest BCUT2D eigenvalue weighted by Gasteiger charge is 2.30. The van der Waals surface area contributed by atoms with Gasteiger partial charge < -0.3 is 5.32 Å². The van der Waals surface area contributed by atoms with Crippen LogP contribution >= 0.6 is 0 Å². The summed E-state index contributed by atoms with van der Waals surface area (Å²) in [6, 6.07) is 9.08. The fraction of sp³-hybridized carbons (Fsp3) is 0.292. The molecular weight excluding hydrogens is 335 g/mol. The van der Waals surface area contributed by atoms with Crippen LogP contribution in [0.2, 0.25) is 0 Å². The van der Waals surface area contributed by atoms with E-state index in [0.717, 1.165) is 28.1 Å². The van der Waals surface area contributed by atoms with E-state index in [1.807, 2.05) is 19.1 Å². The maximum Gasteiger partial charge on any atom is 0.123 e. The molecule has 2 nitrogen and oxygen atoms in total. The van der Waals surface area contributed by atoms with Crippen LogP contribution in [0.25, 0.3) is 0 Å². The van der Waals surface area contributed by atoms with Crippen molar-refractivity contribution in [3.8, 4) is 0 Å². The number of hydrogen-bond acceptors (Lipinski definition) is 2. The van der Waals surface area contributed by atoms with Crippen molar-refractivity contribution in [1.82, 2.24) is 0 Å². The fourth-order valence-corrected chi connectivity index (χ4v) is 3.69. The number of allylic oxidation sites excluding steroid dienone is 1. The summed E-state index contributed by atoms with van der Waals surface area (Å²) in [5.41, 5.74) is 6.99. The molecule has 1 atom stereocenters. The Kier molecular flexibility index (Phi) is 6.37. The zero-order chi connectivity index (χ0) is 20.2. The monoisotopic (exact) mass is 364 g/mol. The van der Waals surface area contributed by atoms with Crippen LogP contribution in [-0.4, -0.2) is 12.8 Å². The number of benzene rings is 2. The van der Waals surface area contributed by atoms with Gasteiger partial charge in [0.2, 0.25) is 0 Å². The first-order valence-electron chi connectivity index (χ1n) is 9.11. The first-order chi connectivity index (χ1) is 12.8. The number of nitrogens with one attached hydrogen (secondary N) is 1. The highest BCUT2D eigenvalue weighted by atomic mass is 19.1. The van der Waals surface area contributed by atoms with Gasteiger partial charge in [0, 0.05) is 30.3 Å². The number of nitrogens with zero attached hydrogens (tertiary/aromatic N) is 1. The molecule has 2 aromatic rings. The molecule has 3 heteroatoms. The Labute approximate surface area is 162 Å². The molecule has 0 heterocycles. The second-order valence-corrected chi connectivity index (χ2v) is 7.23. The molecule has 0 aliphatic rings. The lowest BCUT2D eigenvalue weighted by molar-refractivity contribution is 0.620. The zero-order valence-electron chi connectivity index (χ0n) is 17.0. The van der Waals surface area contributed by atoms with Crippen molar-refractivity contribution in [3.63, 3.8) is 0 Å². The molecule has 0 saturated carbocycles. The van der Waals surface area contributed by atoms with Crippen molar-refractivity contribution in [2.75, 3.05) is 12.4 Å². The van der Waals surface area contributed by atoms with Gasteiger partial charge in [-0.05, 0) is 73.0 Å². The van der Waals surface area contributed by atoms with Crippen molar-refractivity contribution in [2.45, 2.75) is 39.5 Å². The van der Waals surface area contributed by atoms with Crippen molar-refractivity contribution in [1.29, 1.82) is 0 Å². The van der Waals surface area contributed by atoms with E-state index in [2.05, 4.69) is 56.4 Å². The van der Waals surface area contributed by atoms with E-state index in [9.17, 15) is 4.39 Å². The van der Waals surface area contributed by atoms with Gasteiger partial charge >= 0.3 is 0 Å². The molecule has 2 aromatic carbocycles. The molecular formula is C24H29FN2. The van der Waals surface area contributed by atoms with Gasteiger partial charge in [0.15, 0.2) is 0 Å². The van der Waals surface area contributed by atoms with E-state index < -0.39 is 0 Å². The SMILES string of the molecule is C=CNc1c(C)ccc(C)c1C(C)(C=C)C/C(=N/C)c1ccc(F)cc1C. The first-order valence-corrected chi connectivity index (χ1v) is 9.11. The van der Waals surface area contributed by atoms with Crippen LogP contribution in [0.3, 0.4) is 0 Å². The average Bonchev–Trinajstić information content (AvgIpc) is 2.63. The zero-order valence-corrected chi connectivity index (χ0v) is 17.0. The van der Waals surface area contributed by atoms with Gasteiger partial charge in [-0.25, -0.2) is 4.39 Å². The van der Waals surface area contributed by atoms with Crippen molar-refractivity contribution in [2.24, 2.45) is 4.99 Å². The van der Waals surface area contributed by atoms with Crippen LogP contribution in [0.1, 0.15) is 41.2 Å². The Balaban J connectivity index is 2.59. The molecule has 0 radical (unpaired) electrons. The smallest absolute Gasteiger partial charge is 0.123 e. The fourth-order valence-electron chi connectivity index (χ4n) is 3.69. The van der Waals surface area contributed by atoms with E-state index in [1.165, 1.54) is 17.2 Å². The minimum Gasteiger partial charge on any atom is -0.362 e. The Morgan fingerprint density at radius 2 is 1.78 bits per heavy atom. The number of anilines is 1. The molecule has 0 saturated heterocycles. The van der Waals surface area contributed by atoms with Gasteiger partial charge in [0.1, 0.15) is 5.82 Å². The Bertz CT molecular complexity index is 895. The second-order valence-electron chi connectivity index (χ2n) is 7.23. The number of halogens is 1. The summed E-state index contributed by atoms with van der Waals surface area (Å²) in [7, 11) is 1.79. The summed E-state index contributed by atoms with van der Waals surface area (Å²) in [4.78, 5) is 4.54. The molecule has 0 amide bonds. The highest BCUT2D eigenvalue weighted by molar-refractivity contribution is 6.02. The van der Waals surface area contributed by atoms with E-state index in [0.29, 0.717) is 6.42 Å². The van der Waals surface area contributed by atoms with E-state index >= 15 is 0 Å². The summed E-state index contributed by atoms with van der Waals surface area (Å²) in [5.74, 6) is -0.231. The lowest BCUT2D eigenvalue weighted by Crippen LogP contribution is -2.26. The molecule has 1 unspecified atom stereocenters. The van der Waals surface area contributed by atoms with Crippen LogP contribution in [0.15, 0.2) is 60.8 Å². The largest absolute Gasteiger partial charge is 0.362 e. The molecule has 1 N–H and O–H groups in total. The molecule has 0 spiro atoms. The summed E-state index contributed by atoms with van der Waals surface area (Å²) in [5, 5.41) is 3.30. The third-order valence-electron chi connectivity index (χ3n) is 5.19.